The molecule has 0 bridgehead atoms. The molecule has 1 aromatic carbocycles. The van der Waals surface area contributed by atoms with Crippen molar-refractivity contribution < 1.29 is 17.9 Å². The first-order chi connectivity index (χ1) is 11.5. The lowest BCUT2D eigenvalue weighted by molar-refractivity contribution is 0.101. The van der Waals surface area contributed by atoms with E-state index in [1.54, 1.807) is 24.3 Å². The van der Waals surface area contributed by atoms with Gasteiger partial charge in [0.2, 0.25) is 15.9 Å². The normalized spacial score (nSPS) is 15.4. The first-order valence-electron chi connectivity index (χ1n) is 7.72. The summed E-state index contributed by atoms with van der Waals surface area (Å²) < 4.78 is 31.9. The lowest BCUT2D eigenvalue weighted by Crippen LogP contribution is -2.27. The predicted octanol–water partition coefficient (Wildman–Crippen LogP) is 2.86. The van der Waals surface area contributed by atoms with Crippen molar-refractivity contribution in [2.45, 2.75) is 24.7 Å². The average Bonchev–Trinajstić information content (AvgIpc) is 3.11. The molecule has 0 N–H and O–H groups in total. The number of hydrogen-bond acceptors (Lipinski definition) is 5. The summed E-state index contributed by atoms with van der Waals surface area (Å²) in [5.74, 6) is 0.696. The van der Waals surface area contributed by atoms with Crippen LogP contribution in [-0.2, 0) is 10.0 Å². The number of Topliss-reactive ketones (excluding diaryl/α,β-unsaturated/α-hetero) is 1. The maximum absolute atomic E-state index is 12.4. The van der Waals surface area contributed by atoms with Crippen molar-refractivity contribution >= 4 is 15.8 Å². The molecule has 126 valence electrons. The van der Waals surface area contributed by atoms with E-state index in [0.717, 1.165) is 12.8 Å². The molecule has 0 unspecified atom stereocenters. The van der Waals surface area contributed by atoms with Gasteiger partial charge in [-0.25, -0.2) is 13.4 Å². The quantitative estimate of drug-likeness (QED) is 0.778. The summed E-state index contributed by atoms with van der Waals surface area (Å²) in [6.07, 6.45) is 3.08. The van der Waals surface area contributed by atoms with E-state index in [4.69, 9.17) is 4.74 Å². The van der Waals surface area contributed by atoms with Gasteiger partial charge in [-0.05, 0) is 38.0 Å². The lowest BCUT2D eigenvalue weighted by Gasteiger charge is -2.15. The summed E-state index contributed by atoms with van der Waals surface area (Å²) in [7, 11) is -3.48. The van der Waals surface area contributed by atoms with E-state index in [9.17, 15) is 13.2 Å². The largest absolute Gasteiger partial charge is 0.439 e. The Hall–Kier alpha value is -2.25. The van der Waals surface area contributed by atoms with E-state index in [2.05, 4.69) is 4.98 Å². The number of ether oxygens (including phenoxy) is 1. The van der Waals surface area contributed by atoms with Crippen LogP contribution in [0.15, 0.2) is 47.5 Å². The summed E-state index contributed by atoms with van der Waals surface area (Å²) >= 11 is 0. The second-order valence-electron chi connectivity index (χ2n) is 5.63. The molecule has 6 nitrogen and oxygen atoms in total. The van der Waals surface area contributed by atoms with Crippen LogP contribution in [-0.4, -0.2) is 36.6 Å². The zero-order valence-corrected chi connectivity index (χ0v) is 14.1. The smallest absolute Gasteiger partial charge is 0.244 e. The maximum atomic E-state index is 12.4. The molecule has 1 saturated heterocycles. The van der Waals surface area contributed by atoms with Gasteiger partial charge in [0, 0.05) is 24.7 Å². The molecular weight excluding hydrogens is 328 g/mol. The Kier molecular flexibility index (Phi) is 4.64. The van der Waals surface area contributed by atoms with Crippen LogP contribution < -0.4 is 4.74 Å². The van der Waals surface area contributed by atoms with Crippen LogP contribution in [0.5, 0.6) is 11.6 Å². The fourth-order valence-corrected chi connectivity index (χ4v) is 4.02. The van der Waals surface area contributed by atoms with Crippen LogP contribution in [0, 0.1) is 0 Å². The van der Waals surface area contributed by atoms with E-state index in [1.165, 1.54) is 29.6 Å². The predicted molar refractivity (Wildman–Crippen MR) is 88.8 cm³/mol. The number of aromatic nitrogens is 1. The van der Waals surface area contributed by atoms with Crippen LogP contribution in [0.4, 0.5) is 0 Å². The molecule has 2 aromatic rings. The first-order valence-corrected chi connectivity index (χ1v) is 9.16. The van der Waals surface area contributed by atoms with Crippen molar-refractivity contribution in [3.8, 4) is 11.6 Å². The van der Waals surface area contributed by atoms with Crippen molar-refractivity contribution in [2.75, 3.05) is 13.1 Å². The van der Waals surface area contributed by atoms with Gasteiger partial charge in [0.05, 0.1) is 6.20 Å². The Labute approximate surface area is 141 Å². The number of carbonyl (C=O) groups is 1. The minimum atomic E-state index is -3.48. The van der Waals surface area contributed by atoms with Gasteiger partial charge >= 0.3 is 0 Å². The summed E-state index contributed by atoms with van der Waals surface area (Å²) in [6, 6.07) is 9.77. The standard InChI is InChI=1S/C17H18N2O4S/c1-13(20)14-5-4-6-15(11-14)23-17-8-7-16(12-18-17)24(21,22)19-9-2-3-10-19/h4-8,11-12H,2-3,9-10H2,1H3. The van der Waals surface area contributed by atoms with Crippen molar-refractivity contribution in [3.05, 3.63) is 48.2 Å². The molecule has 0 aliphatic carbocycles. The fraction of sp³-hybridized carbons (Fsp3) is 0.294. The summed E-state index contributed by atoms with van der Waals surface area (Å²) in [5.41, 5.74) is 0.542. The molecule has 24 heavy (non-hydrogen) atoms. The van der Waals surface area contributed by atoms with Gasteiger partial charge in [0.1, 0.15) is 10.6 Å². The molecule has 0 saturated carbocycles. The van der Waals surface area contributed by atoms with E-state index in [-0.39, 0.29) is 16.6 Å². The topological polar surface area (TPSA) is 76.6 Å². The molecule has 7 heteroatoms. The zero-order valence-electron chi connectivity index (χ0n) is 13.3. The van der Waals surface area contributed by atoms with Crippen LogP contribution in [0.1, 0.15) is 30.1 Å². The summed E-state index contributed by atoms with van der Waals surface area (Å²) in [4.78, 5) is 15.6. The Morgan fingerprint density at radius 2 is 1.92 bits per heavy atom. The van der Waals surface area contributed by atoms with Crippen molar-refractivity contribution in [2.24, 2.45) is 0 Å². The highest BCUT2D eigenvalue weighted by molar-refractivity contribution is 7.89. The molecule has 0 radical (unpaired) electrons. The third kappa shape index (κ3) is 3.47. The third-order valence-corrected chi connectivity index (χ3v) is 5.76. The Morgan fingerprint density at radius 1 is 1.17 bits per heavy atom. The highest BCUT2D eigenvalue weighted by atomic mass is 32.2. The molecule has 0 atom stereocenters. The number of hydrogen-bond donors (Lipinski definition) is 0. The highest BCUT2D eigenvalue weighted by Gasteiger charge is 2.27. The van der Waals surface area contributed by atoms with Gasteiger partial charge in [-0.1, -0.05) is 12.1 Å². The molecule has 1 fully saturated rings. The molecule has 0 spiro atoms. The number of benzene rings is 1. The minimum absolute atomic E-state index is 0.0551. The Balaban J connectivity index is 1.77. The monoisotopic (exact) mass is 346 g/mol. The highest BCUT2D eigenvalue weighted by Crippen LogP contribution is 2.24. The third-order valence-electron chi connectivity index (χ3n) is 3.87. The second kappa shape index (κ2) is 6.70. The first kappa shape index (κ1) is 16.6. The average molecular weight is 346 g/mol. The number of sulfonamides is 1. The second-order valence-corrected chi connectivity index (χ2v) is 7.57. The van der Waals surface area contributed by atoms with E-state index < -0.39 is 10.0 Å². The van der Waals surface area contributed by atoms with Crippen LogP contribution in [0.25, 0.3) is 0 Å². The lowest BCUT2D eigenvalue weighted by atomic mass is 10.1. The molecular formula is C17H18N2O4S. The van der Waals surface area contributed by atoms with Crippen molar-refractivity contribution in [1.29, 1.82) is 0 Å². The molecule has 2 heterocycles. The number of rotatable bonds is 5. The van der Waals surface area contributed by atoms with Crippen LogP contribution in [0.2, 0.25) is 0 Å². The fourth-order valence-electron chi connectivity index (χ4n) is 2.56. The van der Waals surface area contributed by atoms with Crippen molar-refractivity contribution in [3.63, 3.8) is 0 Å². The SMILES string of the molecule is CC(=O)c1cccc(Oc2ccc(S(=O)(=O)N3CCCC3)cn2)c1. The maximum Gasteiger partial charge on any atom is 0.244 e. The number of nitrogens with zero attached hydrogens (tertiary/aromatic N) is 2. The Bertz CT molecular complexity index is 841. The summed E-state index contributed by atoms with van der Waals surface area (Å²) in [6.45, 7) is 2.59. The molecule has 1 aromatic heterocycles. The van der Waals surface area contributed by atoms with E-state index in [0.29, 0.717) is 24.4 Å². The van der Waals surface area contributed by atoms with Crippen LogP contribution in [0.3, 0.4) is 0 Å². The van der Waals surface area contributed by atoms with Gasteiger partial charge in [-0.15, -0.1) is 0 Å². The molecule has 1 aliphatic rings. The number of carbonyl (C=O) groups excluding carboxylic acids is 1. The van der Waals surface area contributed by atoms with E-state index in [1.807, 2.05) is 0 Å². The van der Waals surface area contributed by atoms with Crippen LogP contribution >= 0.6 is 0 Å². The number of ketones is 1. The molecule has 0 amide bonds. The van der Waals surface area contributed by atoms with Crippen molar-refractivity contribution in [1.82, 2.24) is 9.29 Å². The number of pyridine rings is 1. The molecule has 1 aliphatic heterocycles. The molecule has 3 rings (SSSR count). The minimum Gasteiger partial charge on any atom is -0.439 e. The van der Waals surface area contributed by atoms with Gasteiger partial charge in [0.15, 0.2) is 5.78 Å². The Morgan fingerprint density at radius 3 is 2.54 bits per heavy atom. The zero-order chi connectivity index (χ0) is 17.2. The van der Waals surface area contributed by atoms with Gasteiger partial charge in [0.25, 0.3) is 0 Å². The van der Waals surface area contributed by atoms with E-state index >= 15 is 0 Å². The van der Waals surface area contributed by atoms with Gasteiger partial charge in [-0.3, -0.25) is 4.79 Å². The van der Waals surface area contributed by atoms with Gasteiger partial charge in [-0.2, -0.15) is 4.31 Å². The van der Waals surface area contributed by atoms with Gasteiger partial charge < -0.3 is 4.74 Å². The summed E-state index contributed by atoms with van der Waals surface area (Å²) in [5, 5.41) is 0.